The fourth-order valence-corrected chi connectivity index (χ4v) is 2.13. The molecule has 1 amide bonds. The zero-order valence-corrected chi connectivity index (χ0v) is 14.5. The topological polar surface area (TPSA) is 67.2 Å². The van der Waals surface area contributed by atoms with Crippen molar-refractivity contribution in [2.75, 3.05) is 17.2 Å². The number of anilines is 2. The first-order chi connectivity index (χ1) is 11.5. The summed E-state index contributed by atoms with van der Waals surface area (Å²) in [5.41, 5.74) is -0.407. The van der Waals surface area contributed by atoms with Crippen LogP contribution in [-0.2, 0) is 16.4 Å². The third kappa shape index (κ3) is 5.12. The quantitative estimate of drug-likeness (QED) is 0.813. The average molecular weight is 376 g/mol. The molecule has 5 nitrogen and oxygen atoms in total. The van der Waals surface area contributed by atoms with Gasteiger partial charge in [0.05, 0.1) is 22.8 Å². The highest BCUT2D eigenvalue weighted by Crippen LogP contribution is 2.36. The molecular formula is C16H17ClF3N3O2. The Hall–Kier alpha value is -2.22. The molecule has 0 atom stereocenters. The van der Waals surface area contributed by atoms with Gasteiger partial charge in [-0.05, 0) is 18.2 Å². The molecule has 0 fully saturated rings. The number of carbonyl (C=O) groups excluding carboxylic acids is 1. The summed E-state index contributed by atoms with van der Waals surface area (Å²) in [5.74, 6) is -0.316. The van der Waals surface area contributed by atoms with Gasteiger partial charge in [-0.1, -0.05) is 37.5 Å². The maximum absolute atomic E-state index is 12.8. The van der Waals surface area contributed by atoms with Gasteiger partial charge in [0.25, 0.3) is 0 Å². The molecule has 0 aliphatic heterocycles. The predicted octanol–water partition coefficient (Wildman–Crippen LogP) is 4.69. The summed E-state index contributed by atoms with van der Waals surface area (Å²) in [6.45, 7) is 5.58. The van der Waals surface area contributed by atoms with Crippen LogP contribution in [0.1, 0.15) is 32.0 Å². The number of carbonyl (C=O) groups is 1. The van der Waals surface area contributed by atoms with Gasteiger partial charge in [0.1, 0.15) is 0 Å². The summed E-state index contributed by atoms with van der Waals surface area (Å²) < 4.78 is 43.4. The van der Waals surface area contributed by atoms with Gasteiger partial charge in [0.2, 0.25) is 11.8 Å². The van der Waals surface area contributed by atoms with E-state index in [1.165, 1.54) is 6.07 Å². The van der Waals surface area contributed by atoms with Crippen LogP contribution in [0.2, 0.25) is 5.02 Å². The minimum atomic E-state index is -4.57. The normalized spacial score (nSPS) is 12.1. The SMILES string of the molecule is CC(C)(C)c1cc(NC(=O)CNc2ccc(Cl)c(C(F)(F)F)c2)on1. The third-order valence-corrected chi connectivity index (χ3v) is 3.60. The lowest BCUT2D eigenvalue weighted by molar-refractivity contribution is -0.137. The van der Waals surface area contributed by atoms with Gasteiger partial charge < -0.3 is 9.84 Å². The van der Waals surface area contributed by atoms with E-state index >= 15 is 0 Å². The molecule has 2 N–H and O–H groups in total. The molecule has 136 valence electrons. The van der Waals surface area contributed by atoms with Gasteiger partial charge >= 0.3 is 6.18 Å². The molecule has 0 bridgehead atoms. The Kier molecular flexibility index (Phi) is 5.31. The Bertz CT molecular complexity index is 767. The molecule has 0 saturated heterocycles. The number of benzene rings is 1. The van der Waals surface area contributed by atoms with E-state index < -0.39 is 22.7 Å². The molecule has 0 aliphatic rings. The van der Waals surface area contributed by atoms with Crippen molar-refractivity contribution in [2.24, 2.45) is 0 Å². The van der Waals surface area contributed by atoms with Crippen molar-refractivity contribution in [3.8, 4) is 0 Å². The van der Waals surface area contributed by atoms with E-state index in [-0.39, 0.29) is 23.5 Å². The van der Waals surface area contributed by atoms with Gasteiger partial charge in [-0.15, -0.1) is 0 Å². The van der Waals surface area contributed by atoms with Gasteiger partial charge in [-0.3, -0.25) is 10.1 Å². The van der Waals surface area contributed by atoms with Crippen LogP contribution in [0.15, 0.2) is 28.8 Å². The van der Waals surface area contributed by atoms with Crippen LogP contribution >= 0.6 is 11.6 Å². The summed E-state index contributed by atoms with van der Waals surface area (Å²) in [4.78, 5) is 11.9. The number of nitrogens with zero attached hydrogens (tertiary/aromatic N) is 1. The van der Waals surface area contributed by atoms with Crippen molar-refractivity contribution in [2.45, 2.75) is 32.4 Å². The Morgan fingerprint density at radius 2 is 1.92 bits per heavy atom. The van der Waals surface area contributed by atoms with Crippen LogP contribution in [0.4, 0.5) is 24.7 Å². The Morgan fingerprint density at radius 3 is 2.48 bits per heavy atom. The van der Waals surface area contributed by atoms with Crippen LogP contribution < -0.4 is 10.6 Å². The highest BCUT2D eigenvalue weighted by atomic mass is 35.5. The first kappa shape index (κ1) is 19.1. The van der Waals surface area contributed by atoms with Crippen molar-refractivity contribution in [1.29, 1.82) is 0 Å². The summed E-state index contributed by atoms with van der Waals surface area (Å²) in [6.07, 6.45) is -4.57. The number of hydrogen-bond acceptors (Lipinski definition) is 4. The number of amides is 1. The summed E-state index contributed by atoms with van der Waals surface area (Å²) >= 11 is 5.54. The highest BCUT2D eigenvalue weighted by Gasteiger charge is 2.33. The van der Waals surface area contributed by atoms with Crippen molar-refractivity contribution in [3.63, 3.8) is 0 Å². The molecule has 2 aromatic rings. The molecule has 1 aromatic heterocycles. The van der Waals surface area contributed by atoms with Crippen LogP contribution in [0.25, 0.3) is 0 Å². The van der Waals surface area contributed by atoms with Crippen LogP contribution in [0.3, 0.4) is 0 Å². The Morgan fingerprint density at radius 1 is 1.24 bits per heavy atom. The molecule has 0 spiro atoms. The van der Waals surface area contributed by atoms with E-state index in [9.17, 15) is 18.0 Å². The number of hydrogen-bond donors (Lipinski definition) is 2. The van der Waals surface area contributed by atoms with E-state index in [2.05, 4.69) is 15.8 Å². The number of aromatic nitrogens is 1. The Labute approximate surface area is 147 Å². The second-order valence-corrected chi connectivity index (χ2v) is 6.83. The lowest BCUT2D eigenvalue weighted by Gasteiger charge is -2.12. The molecule has 1 aromatic carbocycles. The Balaban J connectivity index is 1.97. The smallest absolute Gasteiger partial charge is 0.376 e. The van der Waals surface area contributed by atoms with Gasteiger partial charge in [0.15, 0.2) is 0 Å². The third-order valence-electron chi connectivity index (χ3n) is 3.27. The average Bonchev–Trinajstić information content (AvgIpc) is 2.93. The second kappa shape index (κ2) is 6.95. The van der Waals surface area contributed by atoms with E-state index in [4.69, 9.17) is 16.1 Å². The monoisotopic (exact) mass is 375 g/mol. The lowest BCUT2D eigenvalue weighted by atomic mass is 9.92. The van der Waals surface area contributed by atoms with E-state index in [1.807, 2.05) is 20.8 Å². The second-order valence-electron chi connectivity index (χ2n) is 6.42. The summed E-state index contributed by atoms with van der Waals surface area (Å²) in [5, 5.41) is 8.54. The predicted molar refractivity (Wildman–Crippen MR) is 88.8 cm³/mol. The maximum atomic E-state index is 12.8. The highest BCUT2D eigenvalue weighted by molar-refractivity contribution is 6.31. The van der Waals surface area contributed by atoms with Crippen LogP contribution in [0.5, 0.6) is 0 Å². The molecule has 0 unspecified atom stereocenters. The fraction of sp³-hybridized carbons (Fsp3) is 0.375. The zero-order valence-electron chi connectivity index (χ0n) is 13.8. The zero-order chi connectivity index (χ0) is 18.8. The van der Waals surface area contributed by atoms with Crippen LogP contribution in [0, 0.1) is 0 Å². The van der Waals surface area contributed by atoms with E-state index in [1.54, 1.807) is 6.07 Å². The van der Waals surface area contributed by atoms with Crippen molar-refractivity contribution in [3.05, 3.63) is 40.5 Å². The largest absolute Gasteiger partial charge is 0.417 e. The lowest BCUT2D eigenvalue weighted by Crippen LogP contribution is -2.21. The van der Waals surface area contributed by atoms with Crippen molar-refractivity contribution < 1.29 is 22.5 Å². The molecule has 0 radical (unpaired) electrons. The summed E-state index contributed by atoms with van der Waals surface area (Å²) in [6, 6.07) is 4.93. The van der Waals surface area contributed by atoms with Crippen LogP contribution in [-0.4, -0.2) is 17.6 Å². The number of nitrogens with one attached hydrogen (secondary N) is 2. The molecule has 25 heavy (non-hydrogen) atoms. The number of rotatable bonds is 4. The van der Waals surface area contributed by atoms with E-state index in [0.717, 1.165) is 12.1 Å². The number of halogens is 4. The summed E-state index contributed by atoms with van der Waals surface area (Å²) in [7, 11) is 0. The first-order valence-electron chi connectivity index (χ1n) is 7.34. The minimum absolute atomic E-state index is 0.125. The van der Waals surface area contributed by atoms with Gasteiger partial charge in [-0.2, -0.15) is 13.2 Å². The first-order valence-corrected chi connectivity index (χ1v) is 7.72. The standard InChI is InChI=1S/C16H17ClF3N3O2/c1-15(2,3)12-7-14(25-23-12)22-13(24)8-21-9-4-5-11(17)10(6-9)16(18,19)20/h4-7,21H,8H2,1-3H3,(H,22,24). The minimum Gasteiger partial charge on any atom is -0.376 e. The van der Waals surface area contributed by atoms with Crippen molar-refractivity contribution in [1.82, 2.24) is 5.16 Å². The molecule has 9 heteroatoms. The molecule has 1 heterocycles. The molecule has 0 saturated carbocycles. The van der Waals surface area contributed by atoms with Crippen molar-refractivity contribution >= 4 is 29.1 Å². The van der Waals surface area contributed by atoms with Gasteiger partial charge in [0, 0.05) is 17.2 Å². The number of alkyl halides is 3. The van der Waals surface area contributed by atoms with E-state index in [0.29, 0.717) is 5.69 Å². The maximum Gasteiger partial charge on any atom is 0.417 e. The molecular weight excluding hydrogens is 359 g/mol. The fourth-order valence-electron chi connectivity index (χ4n) is 1.90. The molecule has 2 rings (SSSR count). The van der Waals surface area contributed by atoms with Gasteiger partial charge in [-0.25, -0.2) is 0 Å². The molecule has 0 aliphatic carbocycles.